The molecule has 3 rings (SSSR count). The van der Waals surface area contributed by atoms with Gasteiger partial charge < -0.3 is 0 Å². The molecular weight excluding hydrogens is 368 g/mol. The van der Waals surface area contributed by atoms with E-state index in [9.17, 15) is 4.79 Å². The molecule has 2 aromatic heterocycles. The highest BCUT2D eigenvalue weighted by Gasteiger charge is 2.18. The van der Waals surface area contributed by atoms with Crippen LogP contribution in [0.1, 0.15) is 17.3 Å². The van der Waals surface area contributed by atoms with Crippen LogP contribution in [0.2, 0.25) is 0 Å². The average molecular weight is 379 g/mol. The maximum absolute atomic E-state index is 12.5. The van der Waals surface area contributed by atoms with Gasteiger partial charge in [-0.05, 0) is 30.5 Å². The second-order valence-electron chi connectivity index (χ2n) is 4.45. The summed E-state index contributed by atoms with van der Waals surface area (Å²) in [5.41, 5.74) is 1.65. The number of carbonyl (C=O) groups is 1. The Bertz CT molecular complexity index is 786. The van der Waals surface area contributed by atoms with Crippen molar-refractivity contribution in [1.82, 2.24) is 9.97 Å². The molecule has 0 fully saturated rings. The summed E-state index contributed by atoms with van der Waals surface area (Å²) in [4.78, 5) is 21.0. The van der Waals surface area contributed by atoms with E-state index < -0.39 is 0 Å². The molecule has 0 aliphatic heterocycles. The fraction of sp³-hybridized carbons (Fsp3) is 0.133. The maximum atomic E-state index is 12.5. The number of benzene rings is 1. The Morgan fingerprint density at radius 2 is 2.00 bits per heavy atom. The molecule has 0 amide bonds. The van der Waals surface area contributed by atoms with Crippen molar-refractivity contribution >= 4 is 55.0 Å². The smallest absolute Gasteiger partial charge is 0.175 e. The number of thiophene rings is 1. The van der Waals surface area contributed by atoms with Gasteiger partial charge in [-0.1, -0.05) is 39.8 Å². The molecule has 0 aliphatic rings. The van der Waals surface area contributed by atoms with E-state index in [4.69, 9.17) is 0 Å². The summed E-state index contributed by atoms with van der Waals surface area (Å²) >= 11 is 6.46. The molecular formula is C15H11BrN2OS2. The normalized spacial score (nSPS) is 12.5. The van der Waals surface area contributed by atoms with Crippen molar-refractivity contribution in [3.63, 3.8) is 0 Å². The Kier molecular flexibility index (Phi) is 4.37. The van der Waals surface area contributed by atoms with Crippen LogP contribution in [0.25, 0.3) is 10.2 Å². The van der Waals surface area contributed by atoms with Crippen molar-refractivity contribution < 1.29 is 4.79 Å². The van der Waals surface area contributed by atoms with Crippen LogP contribution in [0.4, 0.5) is 0 Å². The van der Waals surface area contributed by atoms with Gasteiger partial charge in [0.05, 0.1) is 15.5 Å². The minimum atomic E-state index is -0.189. The first-order valence-electron chi connectivity index (χ1n) is 6.30. The first-order chi connectivity index (χ1) is 10.1. The summed E-state index contributed by atoms with van der Waals surface area (Å²) in [5, 5.41) is 2.67. The summed E-state index contributed by atoms with van der Waals surface area (Å²) in [5.74, 6) is 0.107. The Labute approximate surface area is 138 Å². The van der Waals surface area contributed by atoms with Crippen LogP contribution in [0.3, 0.4) is 0 Å². The van der Waals surface area contributed by atoms with Gasteiger partial charge in [0.2, 0.25) is 0 Å². The third kappa shape index (κ3) is 3.17. The van der Waals surface area contributed by atoms with Gasteiger partial charge in [0.1, 0.15) is 11.4 Å². The van der Waals surface area contributed by atoms with Crippen LogP contribution in [-0.2, 0) is 0 Å². The second kappa shape index (κ2) is 6.25. The predicted molar refractivity (Wildman–Crippen MR) is 91.2 cm³/mol. The molecule has 1 unspecified atom stereocenters. The van der Waals surface area contributed by atoms with E-state index in [0.717, 1.165) is 25.3 Å². The lowest BCUT2D eigenvalue weighted by Gasteiger charge is -2.10. The summed E-state index contributed by atoms with van der Waals surface area (Å²) < 4.78 is 2.01. The Hall–Kier alpha value is -1.24. The zero-order valence-corrected chi connectivity index (χ0v) is 14.3. The van der Waals surface area contributed by atoms with Crippen LogP contribution < -0.4 is 0 Å². The number of Topliss-reactive ketones (excluding diaryl/α,β-unsaturated/α-hetero) is 1. The minimum Gasteiger partial charge on any atom is -0.293 e. The van der Waals surface area contributed by atoms with Gasteiger partial charge >= 0.3 is 0 Å². The highest BCUT2D eigenvalue weighted by Crippen LogP contribution is 2.32. The molecule has 0 radical (unpaired) electrons. The van der Waals surface area contributed by atoms with Crippen LogP contribution in [-0.4, -0.2) is 21.0 Å². The van der Waals surface area contributed by atoms with Crippen LogP contribution in [0, 0.1) is 0 Å². The zero-order chi connectivity index (χ0) is 14.8. The highest BCUT2D eigenvalue weighted by molar-refractivity contribution is 9.10. The molecule has 0 saturated heterocycles. The van der Waals surface area contributed by atoms with E-state index >= 15 is 0 Å². The van der Waals surface area contributed by atoms with Crippen LogP contribution >= 0.6 is 39.0 Å². The van der Waals surface area contributed by atoms with E-state index in [-0.39, 0.29) is 11.0 Å². The molecule has 0 bridgehead atoms. The second-order valence-corrected chi connectivity index (χ2v) is 7.61. The van der Waals surface area contributed by atoms with Crippen molar-refractivity contribution in [2.24, 2.45) is 0 Å². The molecule has 1 aromatic carbocycles. The number of hydrogen-bond acceptors (Lipinski definition) is 5. The van der Waals surface area contributed by atoms with E-state index in [2.05, 4.69) is 25.9 Å². The van der Waals surface area contributed by atoms with Crippen molar-refractivity contribution in [2.45, 2.75) is 17.2 Å². The monoisotopic (exact) mass is 378 g/mol. The zero-order valence-electron chi connectivity index (χ0n) is 11.1. The molecule has 106 valence electrons. The quantitative estimate of drug-likeness (QED) is 0.370. The minimum absolute atomic E-state index is 0.107. The lowest BCUT2D eigenvalue weighted by molar-refractivity contribution is 0.0994. The topological polar surface area (TPSA) is 42.9 Å². The van der Waals surface area contributed by atoms with E-state index in [1.165, 1.54) is 11.8 Å². The van der Waals surface area contributed by atoms with Gasteiger partial charge in [-0.3, -0.25) is 4.79 Å². The van der Waals surface area contributed by atoms with Crippen LogP contribution in [0.5, 0.6) is 0 Å². The molecule has 3 aromatic rings. The maximum Gasteiger partial charge on any atom is 0.175 e. The number of aromatic nitrogens is 2. The number of fused-ring (bicyclic) bond motifs is 1. The number of carbonyl (C=O) groups excluding carboxylic acids is 1. The van der Waals surface area contributed by atoms with E-state index in [1.54, 1.807) is 17.7 Å². The molecule has 1 atom stereocenters. The number of halogens is 1. The van der Waals surface area contributed by atoms with Crippen LogP contribution in [0.15, 0.2) is 51.5 Å². The van der Waals surface area contributed by atoms with E-state index in [1.807, 2.05) is 42.6 Å². The molecule has 2 heterocycles. The van der Waals surface area contributed by atoms with Gasteiger partial charge in [-0.25, -0.2) is 9.97 Å². The first-order valence-corrected chi connectivity index (χ1v) is 8.85. The highest BCUT2D eigenvalue weighted by atomic mass is 79.9. The van der Waals surface area contributed by atoms with Crippen molar-refractivity contribution in [3.8, 4) is 0 Å². The molecule has 3 nitrogen and oxygen atoms in total. The Morgan fingerprint density at radius 3 is 2.76 bits per heavy atom. The lowest BCUT2D eigenvalue weighted by Crippen LogP contribution is -2.13. The van der Waals surface area contributed by atoms with Crippen molar-refractivity contribution in [1.29, 1.82) is 0 Å². The predicted octanol–water partition coefficient (Wildman–Crippen LogP) is 4.82. The molecule has 0 spiro atoms. The molecule has 6 heteroatoms. The molecule has 0 saturated carbocycles. The fourth-order valence-electron chi connectivity index (χ4n) is 1.92. The molecule has 0 aliphatic carbocycles. The number of rotatable bonds is 4. The fourth-order valence-corrected chi connectivity index (χ4v) is 4.10. The van der Waals surface area contributed by atoms with Gasteiger partial charge in [-0.15, -0.1) is 11.3 Å². The Morgan fingerprint density at radius 1 is 1.24 bits per heavy atom. The molecule has 21 heavy (non-hydrogen) atoms. The number of hydrogen-bond donors (Lipinski definition) is 0. The lowest BCUT2D eigenvalue weighted by atomic mass is 10.1. The van der Waals surface area contributed by atoms with Crippen molar-refractivity contribution in [2.75, 3.05) is 0 Å². The number of nitrogens with zero attached hydrogens (tertiary/aromatic N) is 2. The SMILES string of the molecule is CC(Sc1ncnc2ccsc12)C(=O)c1ccc(Br)cc1. The summed E-state index contributed by atoms with van der Waals surface area (Å²) in [6.45, 7) is 1.91. The Balaban J connectivity index is 1.82. The third-order valence-electron chi connectivity index (χ3n) is 3.00. The van der Waals surface area contributed by atoms with Gasteiger partial charge in [-0.2, -0.15) is 0 Å². The molecule has 0 N–H and O–H groups in total. The number of ketones is 1. The largest absolute Gasteiger partial charge is 0.293 e. The average Bonchev–Trinajstić information content (AvgIpc) is 2.97. The van der Waals surface area contributed by atoms with E-state index in [0.29, 0.717) is 0 Å². The van der Waals surface area contributed by atoms with Crippen molar-refractivity contribution in [3.05, 3.63) is 52.1 Å². The summed E-state index contributed by atoms with van der Waals surface area (Å²) in [6, 6.07) is 9.40. The summed E-state index contributed by atoms with van der Waals surface area (Å²) in [7, 11) is 0. The van der Waals surface area contributed by atoms with Gasteiger partial charge in [0.15, 0.2) is 5.78 Å². The standard InChI is InChI=1S/C15H11BrN2OS2/c1-9(13(19)10-2-4-11(16)5-3-10)21-15-14-12(6-7-20-14)17-8-18-15/h2-9H,1H3. The van der Waals surface area contributed by atoms with Gasteiger partial charge in [0.25, 0.3) is 0 Å². The number of thioether (sulfide) groups is 1. The summed E-state index contributed by atoms with van der Waals surface area (Å²) in [6.07, 6.45) is 1.55. The first kappa shape index (κ1) is 14.7. The third-order valence-corrected chi connectivity index (χ3v) is 5.67. The van der Waals surface area contributed by atoms with Gasteiger partial charge in [0, 0.05) is 10.0 Å².